The van der Waals surface area contributed by atoms with Gasteiger partial charge in [-0.25, -0.2) is 14.8 Å². The average Bonchev–Trinajstić information content (AvgIpc) is 2.49. The summed E-state index contributed by atoms with van der Waals surface area (Å²) in [7, 11) is 1.83. The molecule has 0 aliphatic rings. The van der Waals surface area contributed by atoms with Gasteiger partial charge < -0.3 is 21.5 Å². The second kappa shape index (κ2) is 6.08. The molecule has 8 heteroatoms. The van der Waals surface area contributed by atoms with Crippen LogP contribution in [-0.2, 0) is 6.54 Å². The van der Waals surface area contributed by atoms with E-state index in [2.05, 4.69) is 9.97 Å². The van der Waals surface area contributed by atoms with Crippen LogP contribution in [0.1, 0.15) is 21.7 Å². The quantitative estimate of drug-likeness (QED) is 0.469. The molecule has 0 spiro atoms. The fraction of sp³-hybridized carbons (Fsp3) is 0.143. The van der Waals surface area contributed by atoms with E-state index in [9.17, 15) is 4.79 Å². The van der Waals surface area contributed by atoms with E-state index in [1.54, 1.807) is 12.1 Å². The van der Waals surface area contributed by atoms with Crippen LogP contribution in [0.2, 0.25) is 0 Å². The number of aromatic nitrogens is 2. The number of nitrogens with zero attached hydrogens (tertiary/aromatic N) is 3. The molecule has 0 aliphatic carbocycles. The van der Waals surface area contributed by atoms with Gasteiger partial charge in [0, 0.05) is 12.7 Å². The molecule has 1 aromatic carbocycles. The van der Waals surface area contributed by atoms with Crippen LogP contribution < -0.4 is 16.4 Å². The van der Waals surface area contributed by atoms with Crippen molar-refractivity contribution in [2.24, 2.45) is 5.73 Å². The van der Waals surface area contributed by atoms with E-state index in [4.69, 9.17) is 22.0 Å². The first-order valence-electron chi connectivity index (χ1n) is 6.38. The first kappa shape index (κ1) is 15.2. The Morgan fingerprint density at radius 3 is 2.55 bits per heavy atom. The molecule has 1 heterocycles. The fourth-order valence-electron chi connectivity index (χ4n) is 1.90. The van der Waals surface area contributed by atoms with Crippen molar-refractivity contribution in [1.29, 1.82) is 5.41 Å². The van der Waals surface area contributed by atoms with Crippen LogP contribution in [0.25, 0.3) is 0 Å². The van der Waals surface area contributed by atoms with Crippen LogP contribution >= 0.6 is 0 Å². The SMILES string of the molecule is CN(Cc1cnc(N)c(C(=N)N)n1)c1ccc(C(=O)O)cc1. The van der Waals surface area contributed by atoms with Crippen LogP contribution in [0.4, 0.5) is 11.5 Å². The number of carbonyl (C=O) groups is 1. The molecule has 0 unspecified atom stereocenters. The molecule has 0 radical (unpaired) electrons. The normalized spacial score (nSPS) is 10.2. The molecule has 0 atom stereocenters. The Bertz CT molecular complexity index is 714. The van der Waals surface area contributed by atoms with E-state index in [-0.39, 0.29) is 22.9 Å². The van der Waals surface area contributed by atoms with Gasteiger partial charge in [0.15, 0.2) is 5.82 Å². The number of rotatable bonds is 5. The van der Waals surface area contributed by atoms with Crippen molar-refractivity contribution in [3.05, 3.63) is 47.4 Å². The molecule has 0 saturated heterocycles. The van der Waals surface area contributed by atoms with Gasteiger partial charge in [-0.05, 0) is 24.3 Å². The second-order valence-corrected chi connectivity index (χ2v) is 4.72. The number of nitrogen functional groups attached to an aromatic ring is 2. The van der Waals surface area contributed by atoms with Crippen LogP contribution in [0.5, 0.6) is 0 Å². The number of amidine groups is 1. The number of nitrogens with two attached hydrogens (primary N) is 2. The molecule has 0 bridgehead atoms. The lowest BCUT2D eigenvalue weighted by Crippen LogP contribution is -2.21. The van der Waals surface area contributed by atoms with Crippen molar-refractivity contribution in [2.75, 3.05) is 17.7 Å². The first-order chi connectivity index (χ1) is 10.4. The lowest BCUT2D eigenvalue weighted by molar-refractivity contribution is 0.0697. The zero-order chi connectivity index (χ0) is 16.3. The Kier molecular flexibility index (Phi) is 4.21. The van der Waals surface area contributed by atoms with Crippen molar-refractivity contribution in [1.82, 2.24) is 9.97 Å². The number of aromatic carboxylic acids is 1. The Morgan fingerprint density at radius 2 is 2.00 bits per heavy atom. The van der Waals surface area contributed by atoms with Gasteiger partial charge in [-0.2, -0.15) is 0 Å². The highest BCUT2D eigenvalue weighted by Crippen LogP contribution is 2.16. The van der Waals surface area contributed by atoms with Gasteiger partial charge in [-0.1, -0.05) is 0 Å². The number of benzene rings is 1. The molecule has 0 fully saturated rings. The molecular weight excluding hydrogens is 284 g/mol. The maximum atomic E-state index is 10.8. The topological polar surface area (TPSA) is 142 Å². The summed E-state index contributed by atoms with van der Waals surface area (Å²) in [6.45, 7) is 0.417. The van der Waals surface area contributed by atoms with Crippen molar-refractivity contribution < 1.29 is 9.90 Å². The first-order valence-corrected chi connectivity index (χ1v) is 6.38. The van der Waals surface area contributed by atoms with E-state index >= 15 is 0 Å². The molecule has 0 aliphatic heterocycles. The molecule has 6 N–H and O–H groups in total. The van der Waals surface area contributed by atoms with Crippen LogP contribution in [0, 0.1) is 5.41 Å². The third-order valence-corrected chi connectivity index (χ3v) is 3.06. The van der Waals surface area contributed by atoms with E-state index < -0.39 is 5.97 Å². The molecule has 1 aromatic heterocycles. The molecule has 0 saturated carbocycles. The Morgan fingerprint density at radius 1 is 1.36 bits per heavy atom. The van der Waals surface area contributed by atoms with Crippen LogP contribution in [0.3, 0.4) is 0 Å². The van der Waals surface area contributed by atoms with Crippen LogP contribution in [-0.4, -0.2) is 33.9 Å². The summed E-state index contributed by atoms with van der Waals surface area (Å²) < 4.78 is 0. The molecule has 2 rings (SSSR count). The number of carboxylic acid groups (broad SMARTS) is 1. The molecule has 22 heavy (non-hydrogen) atoms. The monoisotopic (exact) mass is 300 g/mol. The Balaban J connectivity index is 2.18. The second-order valence-electron chi connectivity index (χ2n) is 4.72. The fourth-order valence-corrected chi connectivity index (χ4v) is 1.90. The summed E-state index contributed by atoms with van der Waals surface area (Å²) in [6, 6.07) is 6.48. The summed E-state index contributed by atoms with van der Waals surface area (Å²) >= 11 is 0. The van der Waals surface area contributed by atoms with E-state index in [0.29, 0.717) is 12.2 Å². The van der Waals surface area contributed by atoms with Gasteiger partial charge in [-0.3, -0.25) is 5.41 Å². The Labute approximate surface area is 126 Å². The van der Waals surface area contributed by atoms with Crippen molar-refractivity contribution in [2.45, 2.75) is 6.54 Å². The maximum Gasteiger partial charge on any atom is 0.335 e. The van der Waals surface area contributed by atoms with Gasteiger partial charge in [0.05, 0.1) is 24.0 Å². The number of anilines is 2. The maximum absolute atomic E-state index is 10.8. The van der Waals surface area contributed by atoms with Gasteiger partial charge in [0.2, 0.25) is 0 Å². The summed E-state index contributed by atoms with van der Waals surface area (Å²) in [4.78, 5) is 20.9. The molecule has 8 nitrogen and oxygen atoms in total. The number of hydrogen-bond donors (Lipinski definition) is 4. The van der Waals surface area contributed by atoms with Gasteiger partial charge in [-0.15, -0.1) is 0 Å². The number of hydrogen-bond acceptors (Lipinski definition) is 6. The average molecular weight is 300 g/mol. The highest BCUT2D eigenvalue weighted by Gasteiger charge is 2.10. The van der Waals surface area contributed by atoms with Crippen molar-refractivity contribution in [3.8, 4) is 0 Å². The summed E-state index contributed by atoms with van der Waals surface area (Å²) in [5, 5.41) is 16.3. The predicted octanol–water partition coefficient (Wildman–Crippen LogP) is 0.677. The van der Waals surface area contributed by atoms with E-state index in [0.717, 1.165) is 5.69 Å². The van der Waals surface area contributed by atoms with E-state index in [1.807, 2.05) is 11.9 Å². The molecule has 2 aromatic rings. The highest BCUT2D eigenvalue weighted by molar-refractivity contribution is 5.96. The minimum atomic E-state index is -0.968. The van der Waals surface area contributed by atoms with E-state index in [1.165, 1.54) is 18.3 Å². The van der Waals surface area contributed by atoms with Gasteiger partial charge >= 0.3 is 5.97 Å². The molecular formula is C14H16N6O2. The third kappa shape index (κ3) is 3.29. The highest BCUT2D eigenvalue weighted by atomic mass is 16.4. The smallest absolute Gasteiger partial charge is 0.335 e. The summed E-state index contributed by atoms with van der Waals surface area (Å²) in [6.07, 6.45) is 1.52. The van der Waals surface area contributed by atoms with Gasteiger partial charge in [0.25, 0.3) is 0 Å². The summed E-state index contributed by atoms with van der Waals surface area (Å²) in [5.74, 6) is -1.09. The zero-order valence-electron chi connectivity index (χ0n) is 11.9. The standard InChI is InChI=1S/C14H16N6O2/c1-20(10-4-2-8(3-5-10)14(21)22)7-9-6-18-13(17)11(19-9)12(15)16/h2-6H,7H2,1H3,(H3,15,16)(H2,17,18)(H,21,22). The Hall–Kier alpha value is -3.16. The largest absolute Gasteiger partial charge is 0.478 e. The van der Waals surface area contributed by atoms with Crippen molar-refractivity contribution >= 4 is 23.3 Å². The minimum absolute atomic E-state index is 0.115. The molecule has 0 amide bonds. The number of nitrogens with one attached hydrogen (secondary N) is 1. The summed E-state index contributed by atoms with van der Waals surface area (Å²) in [5.41, 5.74) is 12.8. The molecule has 114 valence electrons. The third-order valence-electron chi connectivity index (χ3n) is 3.06. The predicted molar refractivity (Wildman–Crippen MR) is 83.0 cm³/mol. The van der Waals surface area contributed by atoms with Crippen LogP contribution in [0.15, 0.2) is 30.5 Å². The lowest BCUT2D eigenvalue weighted by Gasteiger charge is -2.19. The lowest BCUT2D eigenvalue weighted by atomic mass is 10.2. The zero-order valence-corrected chi connectivity index (χ0v) is 11.9. The number of carboxylic acids is 1. The van der Waals surface area contributed by atoms with Gasteiger partial charge in [0.1, 0.15) is 11.5 Å². The van der Waals surface area contributed by atoms with Crippen molar-refractivity contribution in [3.63, 3.8) is 0 Å². The minimum Gasteiger partial charge on any atom is -0.478 e.